The molecule has 184 valence electrons. The Morgan fingerprint density at radius 1 is 0.971 bits per heavy atom. The molecule has 34 heavy (non-hydrogen) atoms. The third-order valence-corrected chi connectivity index (χ3v) is 8.47. The SMILES string of the molecule is CC(C)CCC1(CCC(C)C)C(=O)C(N2Cc3ccccc3S(O)(O)N2)=C(O)c2ccccc21. The normalized spacial score (nSPS) is 19.9. The summed E-state index contributed by atoms with van der Waals surface area (Å²) in [5.41, 5.74) is 1.55. The van der Waals surface area contributed by atoms with E-state index in [-0.39, 0.29) is 23.8 Å². The van der Waals surface area contributed by atoms with E-state index < -0.39 is 16.2 Å². The molecule has 0 spiro atoms. The second-order valence-corrected chi connectivity index (χ2v) is 12.1. The number of fused-ring (bicyclic) bond motifs is 2. The van der Waals surface area contributed by atoms with Crippen LogP contribution in [-0.2, 0) is 16.8 Å². The van der Waals surface area contributed by atoms with E-state index in [2.05, 4.69) is 32.5 Å². The van der Waals surface area contributed by atoms with Gasteiger partial charge in [0, 0.05) is 5.56 Å². The first-order valence-corrected chi connectivity index (χ1v) is 13.6. The predicted molar refractivity (Wildman–Crippen MR) is 137 cm³/mol. The number of hydrazine groups is 1. The Morgan fingerprint density at radius 2 is 1.56 bits per heavy atom. The molecule has 6 nitrogen and oxygen atoms in total. The number of carbonyl (C=O) groups is 1. The molecule has 0 amide bonds. The molecule has 0 saturated carbocycles. The standard InChI is InChI=1S/C27H36N2O4S/c1-18(2)13-15-27(16-14-19(3)4)22-11-7-6-10-21(22)25(30)24(26(27)31)29-17-20-9-5-8-12-23(20)34(32,33)28-29/h5-12,18-19,28,30,32-33H,13-17H2,1-4H3. The Hall–Kier alpha value is -2.32. The van der Waals surface area contributed by atoms with Gasteiger partial charge >= 0.3 is 0 Å². The number of aliphatic hydroxyl groups excluding tert-OH is 1. The summed E-state index contributed by atoms with van der Waals surface area (Å²) in [5, 5.41) is 12.8. The van der Waals surface area contributed by atoms with Gasteiger partial charge in [-0.05, 0) is 54.7 Å². The quantitative estimate of drug-likeness (QED) is 0.352. The first-order chi connectivity index (χ1) is 16.1. The minimum absolute atomic E-state index is 0.112. The van der Waals surface area contributed by atoms with Gasteiger partial charge in [0.15, 0.2) is 11.5 Å². The molecule has 0 fully saturated rings. The average Bonchev–Trinajstić information content (AvgIpc) is 2.78. The van der Waals surface area contributed by atoms with E-state index >= 15 is 0 Å². The number of rotatable bonds is 7. The van der Waals surface area contributed by atoms with Crippen LogP contribution in [0.4, 0.5) is 0 Å². The summed E-state index contributed by atoms with van der Waals surface area (Å²) in [6.07, 6.45) is 3.09. The molecule has 1 aliphatic carbocycles. The Kier molecular flexibility index (Phi) is 6.84. The van der Waals surface area contributed by atoms with E-state index in [9.17, 15) is 19.0 Å². The Labute approximate surface area is 204 Å². The molecule has 4 N–H and O–H groups in total. The number of carbonyl (C=O) groups excluding carboxylic acids is 1. The lowest BCUT2D eigenvalue weighted by molar-refractivity contribution is -0.124. The van der Waals surface area contributed by atoms with E-state index in [1.54, 1.807) is 12.1 Å². The first kappa shape index (κ1) is 24.8. The summed E-state index contributed by atoms with van der Waals surface area (Å²) in [5.74, 6) is 0.566. The monoisotopic (exact) mass is 484 g/mol. The molecule has 4 rings (SSSR count). The second kappa shape index (κ2) is 9.38. The molecule has 1 aliphatic heterocycles. The van der Waals surface area contributed by atoms with Gasteiger partial charge in [0.2, 0.25) is 0 Å². The fourth-order valence-corrected chi connectivity index (χ4v) is 6.40. The van der Waals surface area contributed by atoms with Crippen LogP contribution in [0.5, 0.6) is 0 Å². The van der Waals surface area contributed by atoms with Crippen molar-refractivity contribution >= 4 is 22.3 Å². The van der Waals surface area contributed by atoms with Gasteiger partial charge in [-0.15, -0.1) is 4.83 Å². The number of ketones is 1. The van der Waals surface area contributed by atoms with Gasteiger partial charge in [-0.2, -0.15) is 0 Å². The highest BCUT2D eigenvalue weighted by molar-refractivity contribution is 8.22. The maximum absolute atomic E-state index is 14.4. The highest BCUT2D eigenvalue weighted by atomic mass is 32.3. The van der Waals surface area contributed by atoms with Gasteiger partial charge in [-0.1, -0.05) is 80.9 Å². The smallest absolute Gasteiger partial charge is 0.194 e. The molecule has 1 heterocycles. The fraction of sp³-hybridized carbons (Fsp3) is 0.444. The minimum atomic E-state index is -3.38. The highest BCUT2D eigenvalue weighted by Crippen LogP contribution is 2.52. The van der Waals surface area contributed by atoms with Gasteiger partial charge < -0.3 is 5.11 Å². The molecule has 0 bridgehead atoms. The van der Waals surface area contributed by atoms with Gasteiger partial charge in [-0.25, -0.2) is 0 Å². The summed E-state index contributed by atoms with van der Waals surface area (Å²) in [4.78, 5) is 17.6. The molecule has 0 saturated heterocycles. The Balaban J connectivity index is 1.86. The van der Waals surface area contributed by atoms with Crippen LogP contribution in [0.25, 0.3) is 5.76 Å². The lowest BCUT2D eigenvalue weighted by atomic mass is 9.64. The van der Waals surface area contributed by atoms with Crippen LogP contribution >= 0.6 is 10.8 Å². The van der Waals surface area contributed by atoms with Gasteiger partial charge in [0.1, 0.15) is 5.70 Å². The Morgan fingerprint density at radius 3 is 2.21 bits per heavy atom. The summed E-state index contributed by atoms with van der Waals surface area (Å²) >= 11 is 0. The largest absolute Gasteiger partial charge is 0.505 e. The summed E-state index contributed by atoms with van der Waals surface area (Å²) < 4.78 is 21.7. The van der Waals surface area contributed by atoms with Crippen LogP contribution in [0.1, 0.15) is 70.1 Å². The van der Waals surface area contributed by atoms with Crippen LogP contribution in [0, 0.1) is 11.8 Å². The molecule has 2 aromatic carbocycles. The molecule has 0 radical (unpaired) electrons. The molecule has 2 aromatic rings. The molecular formula is C27H36N2O4S. The summed E-state index contributed by atoms with van der Waals surface area (Å²) in [7, 11) is -3.38. The minimum Gasteiger partial charge on any atom is -0.505 e. The predicted octanol–water partition coefficient (Wildman–Crippen LogP) is 6.65. The number of benzene rings is 2. The van der Waals surface area contributed by atoms with Crippen molar-refractivity contribution in [2.75, 3.05) is 0 Å². The lowest BCUT2D eigenvalue weighted by Gasteiger charge is -2.47. The van der Waals surface area contributed by atoms with Gasteiger partial charge in [-0.3, -0.25) is 18.9 Å². The Bertz CT molecular complexity index is 1100. The van der Waals surface area contributed by atoms with Crippen molar-refractivity contribution in [3.8, 4) is 0 Å². The number of nitrogens with one attached hydrogen (secondary N) is 1. The zero-order valence-electron chi connectivity index (χ0n) is 20.4. The van der Waals surface area contributed by atoms with E-state index in [1.165, 1.54) is 5.01 Å². The number of Topliss-reactive ketones (excluding diaryl/α,β-unsaturated/α-hetero) is 1. The highest BCUT2D eigenvalue weighted by Gasteiger charge is 2.49. The van der Waals surface area contributed by atoms with Crippen LogP contribution in [0.2, 0.25) is 0 Å². The molecule has 0 unspecified atom stereocenters. The van der Waals surface area contributed by atoms with Crippen molar-refractivity contribution in [3.05, 3.63) is 70.9 Å². The number of nitrogens with zero attached hydrogens (tertiary/aromatic N) is 1. The molecule has 0 atom stereocenters. The lowest BCUT2D eigenvalue weighted by Crippen LogP contribution is -2.51. The van der Waals surface area contributed by atoms with Crippen molar-refractivity contribution in [2.24, 2.45) is 11.8 Å². The summed E-state index contributed by atoms with van der Waals surface area (Å²) in [6.45, 7) is 8.86. The average molecular weight is 485 g/mol. The van der Waals surface area contributed by atoms with E-state index in [4.69, 9.17) is 0 Å². The van der Waals surface area contributed by atoms with E-state index in [1.807, 2.05) is 36.4 Å². The van der Waals surface area contributed by atoms with Crippen molar-refractivity contribution < 1.29 is 19.0 Å². The number of aliphatic hydroxyl groups is 1. The van der Waals surface area contributed by atoms with E-state index in [0.717, 1.165) is 18.4 Å². The molecule has 7 heteroatoms. The number of hydrogen-bond donors (Lipinski definition) is 4. The molecule has 0 aromatic heterocycles. The number of hydrogen-bond acceptors (Lipinski definition) is 6. The van der Waals surface area contributed by atoms with Crippen molar-refractivity contribution in [3.63, 3.8) is 0 Å². The zero-order chi connectivity index (χ0) is 24.7. The second-order valence-electron chi connectivity index (χ2n) is 10.4. The third-order valence-electron chi connectivity index (χ3n) is 6.98. The van der Waals surface area contributed by atoms with Crippen molar-refractivity contribution in [1.29, 1.82) is 0 Å². The summed E-state index contributed by atoms with van der Waals surface area (Å²) in [6, 6.07) is 14.7. The van der Waals surface area contributed by atoms with Gasteiger partial charge in [0.05, 0.1) is 16.9 Å². The topological polar surface area (TPSA) is 93.0 Å². The maximum Gasteiger partial charge on any atom is 0.194 e. The van der Waals surface area contributed by atoms with Crippen molar-refractivity contribution in [2.45, 2.75) is 70.2 Å². The third kappa shape index (κ3) is 4.38. The van der Waals surface area contributed by atoms with Crippen LogP contribution < -0.4 is 4.83 Å². The van der Waals surface area contributed by atoms with Crippen molar-refractivity contribution in [1.82, 2.24) is 9.84 Å². The van der Waals surface area contributed by atoms with E-state index in [0.29, 0.717) is 40.7 Å². The molecule has 2 aliphatic rings. The molecular weight excluding hydrogens is 448 g/mol. The fourth-order valence-electron chi connectivity index (χ4n) is 5.08. The number of allylic oxidation sites excluding steroid dienone is 1. The zero-order valence-corrected chi connectivity index (χ0v) is 21.2. The first-order valence-electron chi connectivity index (χ1n) is 12.1. The maximum atomic E-state index is 14.4. The van der Waals surface area contributed by atoms with Gasteiger partial charge in [0.25, 0.3) is 0 Å². The van der Waals surface area contributed by atoms with Crippen LogP contribution in [0.15, 0.2) is 59.1 Å². The van der Waals surface area contributed by atoms with Crippen LogP contribution in [0.3, 0.4) is 0 Å². The van der Waals surface area contributed by atoms with Crippen LogP contribution in [-0.4, -0.2) is 25.0 Å².